The third-order valence-corrected chi connectivity index (χ3v) is 3.08. The van der Waals surface area contributed by atoms with Crippen LogP contribution >= 0.6 is 0 Å². The van der Waals surface area contributed by atoms with Gasteiger partial charge in [-0.25, -0.2) is 0 Å². The lowest BCUT2D eigenvalue weighted by molar-refractivity contribution is -0.147. The van der Waals surface area contributed by atoms with Gasteiger partial charge in [-0.05, 0) is 19.3 Å². The standard InChI is InChI=1S/C14H27NO4/c1-4-7-14(19,8-5-2)10-12(16)15(9-6-3)11-13(17)18/h19H,4-11H2,1-3H3,(H,17,18). The summed E-state index contributed by atoms with van der Waals surface area (Å²) in [7, 11) is 0. The number of hydrogen-bond acceptors (Lipinski definition) is 3. The summed E-state index contributed by atoms with van der Waals surface area (Å²) >= 11 is 0. The molecule has 0 aromatic heterocycles. The molecular weight excluding hydrogens is 246 g/mol. The van der Waals surface area contributed by atoms with Crippen LogP contribution in [0.25, 0.3) is 0 Å². The maximum Gasteiger partial charge on any atom is 0.323 e. The number of amides is 1. The third-order valence-electron chi connectivity index (χ3n) is 3.08. The first-order chi connectivity index (χ1) is 8.88. The van der Waals surface area contributed by atoms with E-state index in [0.717, 1.165) is 12.8 Å². The van der Waals surface area contributed by atoms with Crippen molar-refractivity contribution >= 4 is 11.9 Å². The number of carboxylic acid groups (broad SMARTS) is 1. The van der Waals surface area contributed by atoms with Gasteiger partial charge in [-0.2, -0.15) is 0 Å². The number of hydrogen-bond donors (Lipinski definition) is 2. The molecule has 0 saturated carbocycles. The Labute approximate surface area is 115 Å². The molecule has 0 rings (SSSR count). The van der Waals surface area contributed by atoms with Crippen LogP contribution in [0.5, 0.6) is 0 Å². The van der Waals surface area contributed by atoms with E-state index in [0.29, 0.717) is 25.8 Å². The number of nitrogens with zero attached hydrogens (tertiary/aromatic N) is 1. The summed E-state index contributed by atoms with van der Waals surface area (Å²) in [6, 6.07) is 0. The number of aliphatic carboxylic acids is 1. The molecule has 0 bridgehead atoms. The molecule has 5 heteroatoms. The molecule has 0 aliphatic rings. The maximum absolute atomic E-state index is 12.1. The first-order valence-corrected chi connectivity index (χ1v) is 7.10. The first-order valence-electron chi connectivity index (χ1n) is 7.10. The predicted octanol–water partition coefficient (Wildman–Crippen LogP) is 2.03. The van der Waals surface area contributed by atoms with Crippen molar-refractivity contribution in [2.75, 3.05) is 13.1 Å². The van der Waals surface area contributed by atoms with Crippen LogP contribution in [0.2, 0.25) is 0 Å². The molecule has 0 spiro atoms. The molecule has 5 nitrogen and oxygen atoms in total. The van der Waals surface area contributed by atoms with Crippen LogP contribution in [-0.2, 0) is 9.59 Å². The lowest BCUT2D eigenvalue weighted by Gasteiger charge is -2.30. The van der Waals surface area contributed by atoms with Crippen LogP contribution in [0.3, 0.4) is 0 Å². The van der Waals surface area contributed by atoms with E-state index in [1.54, 1.807) is 0 Å². The molecule has 0 atom stereocenters. The first kappa shape index (κ1) is 17.9. The maximum atomic E-state index is 12.1. The number of aliphatic hydroxyl groups is 1. The predicted molar refractivity (Wildman–Crippen MR) is 73.9 cm³/mol. The highest BCUT2D eigenvalue weighted by Gasteiger charge is 2.30. The molecule has 2 N–H and O–H groups in total. The van der Waals surface area contributed by atoms with Crippen molar-refractivity contribution in [3.8, 4) is 0 Å². The quantitative estimate of drug-likeness (QED) is 0.638. The van der Waals surface area contributed by atoms with Gasteiger partial charge in [0.15, 0.2) is 0 Å². The lowest BCUT2D eigenvalue weighted by atomic mass is 9.89. The molecule has 19 heavy (non-hydrogen) atoms. The van der Waals surface area contributed by atoms with Crippen molar-refractivity contribution in [3.63, 3.8) is 0 Å². The molecule has 0 aromatic rings. The zero-order valence-electron chi connectivity index (χ0n) is 12.3. The van der Waals surface area contributed by atoms with Crippen molar-refractivity contribution in [2.45, 2.75) is 64.9 Å². The van der Waals surface area contributed by atoms with Crippen molar-refractivity contribution < 1.29 is 19.8 Å². The van der Waals surface area contributed by atoms with E-state index in [4.69, 9.17) is 5.11 Å². The van der Waals surface area contributed by atoms with Crippen LogP contribution in [0.15, 0.2) is 0 Å². The van der Waals surface area contributed by atoms with Gasteiger partial charge in [0.1, 0.15) is 6.54 Å². The highest BCUT2D eigenvalue weighted by molar-refractivity contribution is 5.82. The van der Waals surface area contributed by atoms with Crippen LogP contribution < -0.4 is 0 Å². The Balaban J connectivity index is 4.69. The summed E-state index contributed by atoms with van der Waals surface area (Å²) in [5.74, 6) is -1.29. The Morgan fingerprint density at radius 2 is 1.58 bits per heavy atom. The minimum atomic E-state index is -1.02. The Kier molecular flexibility index (Phi) is 8.39. The smallest absolute Gasteiger partial charge is 0.323 e. The molecule has 0 unspecified atom stereocenters. The second kappa shape index (κ2) is 8.91. The van der Waals surface area contributed by atoms with Crippen molar-refractivity contribution in [2.24, 2.45) is 0 Å². The van der Waals surface area contributed by atoms with Crippen LogP contribution in [0, 0.1) is 0 Å². The van der Waals surface area contributed by atoms with E-state index < -0.39 is 11.6 Å². The van der Waals surface area contributed by atoms with Crippen LogP contribution in [0.4, 0.5) is 0 Å². The van der Waals surface area contributed by atoms with Gasteiger partial charge in [0.2, 0.25) is 5.91 Å². The molecule has 0 aromatic carbocycles. The SMILES string of the molecule is CCCN(CC(=O)O)C(=O)CC(O)(CCC)CCC. The monoisotopic (exact) mass is 273 g/mol. The average molecular weight is 273 g/mol. The zero-order chi connectivity index (χ0) is 14.9. The molecule has 1 amide bonds. The van der Waals surface area contributed by atoms with Crippen LogP contribution in [0.1, 0.15) is 59.3 Å². The fourth-order valence-corrected chi connectivity index (χ4v) is 2.35. The van der Waals surface area contributed by atoms with Gasteiger partial charge in [0, 0.05) is 6.54 Å². The molecule has 0 radical (unpaired) electrons. The number of carbonyl (C=O) groups is 2. The Morgan fingerprint density at radius 1 is 1.05 bits per heavy atom. The minimum Gasteiger partial charge on any atom is -0.480 e. The summed E-state index contributed by atoms with van der Waals surface area (Å²) < 4.78 is 0. The van der Waals surface area contributed by atoms with Crippen LogP contribution in [-0.4, -0.2) is 45.7 Å². The van der Waals surface area contributed by atoms with E-state index in [-0.39, 0.29) is 18.9 Å². The molecule has 0 heterocycles. The minimum absolute atomic E-state index is 0.0158. The highest BCUT2D eigenvalue weighted by Crippen LogP contribution is 2.24. The Hall–Kier alpha value is -1.10. The van der Waals surface area contributed by atoms with E-state index in [1.165, 1.54) is 4.90 Å². The molecule has 0 saturated heterocycles. The van der Waals surface area contributed by atoms with Gasteiger partial charge in [-0.15, -0.1) is 0 Å². The Bertz CT molecular complexity index is 285. The molecule has 0 aliphatic carbocycles. The van der Waals surface area contributed by atoms with Crippen molar-refractivity contribution in [1.29, 1.82) is 0 Å². The summed E-state index contributed by atoms with van der Waals surface area (Å²) in [5, 5.41) is 19.2. The van der Waals surface area contributed by atoms with Gasteiger partial charge in [-0.3, -0.25) is 9.59 Å². The number of rotatable bonds is 10. The number of carbonyl (C=O) groups excluding carboxylic acids is 1. The highest BCUT2D eigenvalue weighted by atomic mass is 16.4. The summed E-state index contributed by atoms with van der Waals surface area (Å²) in [5.41, 5.74) is -0.995. The zero-order valence-corrected chi connectivity index (χ0v) is 12.3. The van der Waals surface area contributed by atoms with Gasteiger partial charge >= 0.3 is 5.97 Å². The fourth-order valence-electron chi connectivity index (χ4n) is 2.35. The fraction of sp³-hybridized carbons (Fsp3) is 0.857. The molecule has 112 valence electrons. The summed E-state index contributed by atoms with van der Waals surface area (Å²) in [6.45, 7) is 5.95. The molecule has 0 aliphatic heterocycles. The van der Waals surface area contributed by atoms with Crippen molar-refractivity contribution in [3.05, 3.63) is 0 Å². The Morgan fingerprint density at radius 3 is 1.95 bits per heavy atom. The molecular formula is C14H27NO4. The summed E-state index contributed by atoms with van der Waals surface area (Å²) in [4.78, 5) is 24.2. The molecule has 0 fully saturated rings. The van der Waals surface area contributed by atoms with Crippen molar-refractivity contribution in [1.82, 2.24) is 4.90 Å². The average Bonchev–Trinajstić information content (AvgIpc) is 2.28. The van der Waals surface area contributed by atoms with E-state index in [9.17, 15) is 14.7 Å². The lowest BCUT2D eigenvalue weighted by Crippen LogP contribution is -2.42. The topological polar surface area (TPSA) is 77.8 Å². The normalized spacial score (nSPS) is 11.4. The van der Waals surface area contributed by atoms with Gasteiger partial charge in [-0.1, -0.05) is 33.6 Å². The van der Waals surface area contributed by atoms with E-state index >= 15 is 0 Å². The van der Waals surface area contributed by atoms with Gasteiger partial charge in [0.25, 0.3) is 0 Å². The summed E-state index contributed by atoms with van der Waals surface area (Å²) in [6.07, 6.45) is 3.47. The van der Waals surface area contributed by atoms with E-state index in [2.05, 4.69) is 0 Å². The second-order valence-corrected chi connectivity index (χ2v) is 5.11. The third kappa shape index (κ3) is 7.15. The van der Waals surface area contributed by atoms with E-state index in [1.807, 2.05) is 20.8 Å². The second-order valence-electron chi connectivity index (χ2n) is 5.11. The number of carboxylic acids is 1. The largest absolute Gasteiger partial charge is 0.480 e. The van der Waals surface area contributed by atoms with Gasteiger partial charge < -0.3 is 15.1 Å². The van der Waals surface area contributed by atoms with Gasteiger partial charge in [0.05, 0.1) is 12.0 Å².